The third-order valence-corrected chi connectivity index (χ3v) is 4.69. The summed E-state index contributed by atoms with van der Waals surface area (Å²) in [6.07, 6.45) is -0.668. The van der Waals surface area contributed by atoms with Gasteiger partial charge in [-0.15, -0.1) is 0 Å². The van der Waals surface area contributed by atoms with E-state index in [0.29, 0.717) is 5.56 Å². The van der Waals surface area contributed by atoms with E-state index >= 15 is 0 Å². The first-order valence-corrected chi connectivity index (χ1v) is 8.56. The van der Waals surface area contributed by atoms with E-state index in [2.05, 4.69) is 21.2 Å². The van der Waals surface area contributed by atoms with Crippen molar-refractivity contribution in [3.63, 3.8) is 0 Å². The lowest BCUT2D eigenvalue weighted by Gasteiger charge is -2.31. The van der Waals surface area contributed by atoms with Crippen LogP contribution in [0.15, 0.2) is 59.1 Å². The number of carbonyl (C=O) groups excluding carboxylic acids is 1. The van der Waals surface area contributed by atoms with Crippen molar-refractivity contribution in [2.45, 2.75) is 26.5 Å². The molecule has 1 amide bonds. The van der Waals surface area contributed by atoms with Gasteiger partial charge in [0.1, 0.15) is 6.61 Å². The molecule has 0 aromatic heterocycles. The van der Waals surface area contributed by atoms with Crippen LogP contribution >= 0.6 is 15.9 Å². The van der Waals surface area contributed by atoms with Crippen LogP contribution in [0.2, 0.25) is 0 Å². The Balaban J connectivity index is 2.17. The van der Waals surface area contributed by atoms with Crippen molar-refractivity contribution in [1.82, 2.24) is 5.32 Å². The lowest BCUT2D eigenvalue weighted by Crippen LogP contribution is -2.42. The molecule has 132 valence electrons. The molecule has 2 aromatic carbocycles. The number of carbonyl (C=O) groups is 2. The molecule has 25 heavy (non-hydrogen) atoms. The number of aliphatic carboxylic acids is 1. The summed E-state index contributed by atoms with van der Waals surface area (Å²) in [5.41, 5.74) is 0.300. The zero-order valence-electron chi connectivity index (χ0n) is 14.0. The lowest BCUT2D eigenvalue weighted by atomic mass is 9.80. The molecule has 0 saturated heterocycles. The van der Waals surface area contributed by atoms with Gasteiger partial charge in [-0.05, 0) is 31.0 Å². The minimum atomic E-state index is -1.23. The topological polar surface area (TPSA) is 75.6 Å². The molecule has 0 spiro atoms. The zero-order chi connectivity index (χ0) is 18.4. The van der Waals surface area contributed by atoms with Gasteiger partial charge in [-0.1, -0.05) is 64.5 Å². The number of amides is 1. The number of ether oxygens (including phenoxy) is 1. The predicted octanol–water partition coefficient (Wildman–Crippen LogP) is 4.53. The summed E-state index contributed by atoms with van der Waals surface area (Å²) in [4.78, 5) is 23.9. The van der Waals surface area contributed by atoms with Crippen LogP contribution in [0.1, 0.15) is 31.0 Å². The van der Waals surface area contributed by atoms with Crippen LogP contribution in [-0.4, -0.2) is 17.2 Å². The number of hydrogen-bond acceptors (Lipinski definition) is 3. The molecule has 0 bridgehead atoms. The monoisotopic (exact) mass is 405 g/mol. The summed E-state index contributed by atoms with van der Waals surface area (Å²) < 4.78 is 5.96. The number of alkyl carbamates (subject to hydrolysis) is 1. The number of rotatable bonds is 6. The van der Waals surface area contributed by atoms with E-state index in [0.717, 1.165) is 10.0 Å². The van der Waals surface area contributed by atoms with Crippen molar-refractivity contribution in [1.29, 1.82) is 0 Å². The minimum Gasteiger partial charge on any atom is -0.481 e. The largest absolute Gasteiger partial charge is 0.481 e. The van der Waals surface area contributed by atoms with E-state index in [1.807, 2.05) is 36.4 Å². The lowest BCUT2D eigenvalue weighted by molar-refractivity contribution is -0.148. The molecule has 5 nitrogen and oxygen atoms in total. The fourth-order valence-corrected chi connectivity index (χ4v) is 2.88. The van der Waals surface area contributed by atoms with E-state index in [9.17, 15) is 14.7 Å². The molecule has 2 rings (SSSR count). The maximum Gasteiger partial charge on any atom is 0.407 e. The van der Waals surface area contributed by atoms with Crippen LogP contribution in [0, 0.1) is 5.41 Å². The molecule has 2 aromatic rings. The summed E-state index contributed by atoms with van der Waals surface area (Å²) >= 11 is 3.42. The van der Waals surface area contributed by atoms with Gasteiger partial charge in [0.25, 0.3) is 0 Å². The predicted molar refractivity (Wildman–Crippen MR) is 98.1 cm³/mol. The molecule has 0 aliphatic heterocycles. The second-order valence-corrected chi connectivity index (χ2v) is 7.04. The fraction of sp³-hybridized carbons (Fsp3) is 0.263. The summed E-state index contributed by atoms with van der Waals surface area (Å²) in [5.74, 6) is -1.02. The second-order valence-electron chi connectivity index (χ2n) is 6.19. The van der Waals surface area contributed by atoms with Gasteiger partial charge >= 0.3 is 12.1 Å². The highest BCUT2D eigenvalue weighted by Crippen LogP contribution is 2.37. The third-order valence-electron chi connectivity index (χ3n) is 3.96. The molecular weight excluding hydrogens is 386 g/mol. The van der Waals surface area contributed by atoms with Crippen molar-refractivity contribution in [3.8, 4) is 0 Å². The smallest absolute Gasteiger partial charge is 0.407 e. The third kappa shape index (κ3) is 4.82. The Hall–Kier alpha value is -2.34. The van der Waals surface area contributed by atoms with Crippen LogP contribution < -0.4 is 5.32 Å². The van der Waals surface area contributed by atoms with Crippen LogP contribution in [0.25, 0.3) is 0 Å². The highest BCUT2D eigenvalue weighted by Gasteiger charge is 2.40. The molecular formula is C19H20BrNO4. The first-order valence-electron chi connectivity index (χ1n) is 7.77. The molecule has 1 atom stereocenters. The average Bonchev–Trinajstić information content (AvgIpc) is 2.59. The van der Waals surface area contributed by atoms with Gasteiger partial charge in [-0.2, -0.15) is 0 Å². The van der Waals surface area contributed by atoms with E-state index in [1.54, 1.807) is 32.0 Å². The average molecular weight is 406 g/mol. The summed E-state index contributed by atoms with van der Waals surface area (Å²) in [5, 5.41) is 12.3. The highest BCUT2D eigenvalue weighted by atomic mass is 79.9. The van der Waals surface area contributed by atoms with Crippen molar-refractivity contribution in [3.05, 3.63) is 70.2 Å². The van der Waals surface area contributed by atoms with Gasteiger partial charge in [0.05, 0.1) is 11.5 Å². The van der Waals surface area contributed by atoms with Crippen molar-refractivity contribution in [2.24, 2.45) is 5.41 Å². The van der Waals surface area contributed by atoms with Gasteiger partial charge in [0, 0.05) is 4.47 Å². The molecule has 0 unspecified atom stereocenters. The van der Waals surface area contributed by atoms with E-state index in [4.69, 9.17) is 4.74 Å². The highest BCUT2D eigenvalue weighted by molar-refractivity contribution is 9.10. The summed E-state index contributed by atoms with van der Waals surface area (Å²) in [6, 6.07) is 15.7. The van der Waals surface area contributed by atoms with Crippen LogP contribution in [0.3, 0.4) is 0 Å². The molecule has 0 fully saturated rings. The van der Waals surface area contributed by atoms with Gasteiger partial charge in [-0.3, -0.25) is 4.79 Å². The minimum absolute atomic E-state index is 0.114. The van der Waals surface area contributed by atoms with E-state index in [-0.39, 0.29) is 6.61 Å². The van der Waals surface area contributed by atoms with Crippen molar-refractivity contribution >= 4 is 28.0 Å². The first kappa shape index (κ1) is 19.0. The Bertz CT molecular complexity index is 746. The maximum absolute atomic E-state index is 12.2. The Morgan fingerprint density at radius 1 is 1.12 bits per heavy atom. The molecule has 2 N–H and O–H groups in total. The van der Waals surface area contributed by atoms with Crippen LogP contribution in [0.4, 0.5) is 4.79 Å². The zero-order valence-corrected chi connectivity index (χ0v) is 15.6. The second kappa shape index (κ2) is 8.16. The van der Waals surface area contributed by atoms with E-state index < -0.39 is 23.5 Å². The summed E-state index contributed by atoms with van der Waals surface area (Å²) in [6.45, 7) is 3.25. The Morgan fingerprint density at radius 3 is 2.32 bits per heavy atom. The molecule has 6 heteroatoms. The number of carboxylic acids is 1. The first-order chi connectivity index (χ1) is 11.8. The van der Waals surface area contributed by atoms with E-state index in [1.165, 1.54) is 0 Å². The summed E-state index contributed by atoms with van der Waals surface area (Å²) in [7, 11) is 0. The van der Waals surface area contributed by atoms with Crippen LogP contribution in [-0.2, 0) is 16.1 Å². The SMILES string of the molecule is CC(C)(C(=O)O)[C@@H](NC(=O)OCc1ccccc1)c1ccccc1Br. The number of benzene rings is 2. The normalized spacial score (nSPS) is 12.3. The molecule has 0 heterocycles. The van der Waals surface area contributed by atoms with Gasteiger partial charge in [-0.25, -0.2) is 4.79 Å². The quantitative estimate of drug-likeness (QED) is 0.739. The molecule has 0 aliphatic carbocycles. The van der Waals surface area contributed by atoms with Crippen molar-refractivity contribution in [2.75, 3.05) is 0 Å². The Kier molecular flexibility index (Phi) is 6.20. The molecule has 0 aliphatic rings. The van der Waals surface area contributed by atoms with Crippen molar-refractivity contribution < 1.29 is 19.4 Å². The van der Waals surface area contributed by atoms with Gasteiger partial charge in [0.15, 0.2) is 0 Å². The standard InChI is InChI=1S/C19H20BrNO4/c1-19(2,17(22)23)16(14-10-6-7-11-15(14)20)21-18(24)25-12-13-8-4-3-5-9-13/h3-11,16H,12H2,1-2H3,(H,21,24)(H,22,23)/t16-/m0/s1. The Labute approximate surface area is 155 Å². The molecule has 0 saturated carbocycles. The maximum atomic E-state index is 12.2. The number of carboxylic acid groups (broad SMARTS) is 1. The van der Waals surface area contributed by atoms with Gasteiger partial charge < -0.3 is 15.2 Å². The molecule has 0 radical (unpaired) electrons. The number of hydrogen-bond donors (Lipinski definition) is 2. The van der Waals surface area contributed by atoms with Gasteiger partial charge in [0.2, 0.25) is 0 Å². The fourth-order valence-electron chi connectivity index (χ4n) is 2.36. The number of halogens is 1. The Morgan fingerprint density at radius 2 is 1.72 bits per heavy atom. The number of nitrogens with one attached hydrogen (secondary N) is 1. The van der Waals surface area contributed by atoms with Crippen LogP contribution in [0.5, 0.6) is 0 Å².